The largest absolute Gasteiger partial charge is 0.465 e. The summed E-state index contributed by atoms with van der Waals surface area (Å²) in [5, 5.41) is 0.844. The van der Waals surface area contributed by atoms with Crippen LogP contribution in [-0.2, 0) is 20.7 Å². The van der Waals surface area contributed by atoms with Crippen LogP contribution in [0.1, 0.15) is 19.4 Å². The van der Waals surface area contributed by atoms with Crippen molar-refractivity contribution in [3.8, 4) is 0 Å². The van der Waals surface area contributed by atoms with Gasteiger partial charge in [-0.3, -0.25) is 9.59 Å². The highest BCUT2D eigenvalue weighted by molar-refractivity contribution is 6.42. The number of hydrogen-bond acceptors (Lipinski definition) is 3. The topological polar surface area (TPSA) is 43.4 Å². The van der Waals surface area contributed by atoms with Gasteiger partial charge in [-0.15, -0.1) is 0 Å². The van der Waals surface area contributed by atoms with Gasteiger partial charge in [-0.25, -0.2) is 0 Å². The van der Waals surface area contributed by atoms with E-state index in [9.17, 15) is 9.59 Å². The molecule has 0 fully saturated rings. The Morgan fingerprint density at radius 2 is 1.94 bits per heavy atom. The van der Waals surface area contributed by atoms with E-state index >= 15 is 0 Å². The fourth-order valence-electron chi connectivity index (χ4n) is 1.54. The molecular formula is C13H14Cl2O3. The van der Waals surface area contributed by atoms with E-state index in [2.05, 4.69) is 0 Å². The standard InChI is InChI=1S/C13H14Cl2O3/c1-3-18-13(17)10(8(2)16)6-9-4-5-11(14)12(15)7-9/h4-5,7,10H,3,6H2,1-2H3. The summed E-state index contributed by atoms with van der Waals surface area (Å²) in [7, 11) is 0. The molecule has 5 heteroatoms. The van der Waals surface area contributed by atoms with Crippen molar-refractivity contribution >= 4 is 35.0 Å². The molecule has 0 amide bonds. The molecule has 1 aromatic rings. The van der Waals surface area contributed by atoms with Crippen LogP contribution < -0.4 is 0 Å². The Labute approximate surface area is 116 Å². The van der Waals surface area contributed by atoms with E-state index in [0.717, 1.165) is 5.56 Å². The molecule has 98 valence electrons. The first-order chi connectivity index (χ1) is 8.45. The fraction of sp³-hybridized carbons (Fsp3) is 0.385. The minimum Gasteiger partial charge on any atom is -0.465 e. The number of Topliss-reactive ketones (excluding diaryl/α,β-unsaturated/α-hetero) is 1. The first kappa shape index (κ1) is 15.0. The first-order valence-corrected chi connectivity index (χ1v) is 6.32. The zero-order valence-electron chi connectivity index (χ0n) is 10.2. The number of rotatable bonds is 5. The van der Waals surface area contributed by atoms with Crippen LogP contribution in [0.2, 0.25) is 10.0 Å². The number of carbonyl (C=O) groups excluding carboxylic acids is 2. The van der Waals surface area contributed by atoms with Crippen molar-refractivity contribution in [2.45, 2.75) is 20.3 Å². The fourth-order valence-corrected chi connectivity index (χ4v) is 1.86. The Bertz CT molecular complexity index is 458. The molecule has 0 saturated carbocycles. The lowest BCUT2D eigenvalue weighted by molar-refractivity contribution is -0.151. The maximum Gasteiger partial charge on any atom is 0.316 e. The summed E-state index contributed by atoms with van der Waals surface area (Å²) in [5.74, 6) is -1.52. The summed E-state index contributed by atoms with van der Waals surface area (Å²) < 4.78 is 4.87. The van der Waals surface area contributed by atoms with Gasteiger partial charge in [-0.2, -0.15) is 0 Å². The third kappa shape index (κ3) is 4.00. The lowest BCUT2D eigenvalue weighted by Gasteiger charge is -2.12. The second-order valence-electron chi connectivity index (χ2n) is 3.87. The molecule has 0 aliphatic heterocycles. The Kier molecular flexibility index (Phi) is 5.63. The van der Waals surface area contributed by atoms with Crippen molar-refractivity contribution in [2.75, 3.05) is 6.61 Å². The number of ketones is 1. The van der Waals surface area contributed by atoms with Crippen LogP contribution in [0, 0.1) is 5.92 Å². The van der Waals surface area contributed by atoms with Gasteiger partial charge >= 0.3 is 5.97 Å². The zero-order chi connectivity index (χ0) is 13.7. The lowest BCUT2D eigenvalue weighted by Crippen LogP contribution is -2.26. The molecule has 0 spiro atoms. The smallest absolute Gasteiger partial charge is 0.316 e. The number of ether oxygens (including phenoxy) is 1. The molecule has 1 rings (SSSR count). The molecule has 3 nitrogen and oxygen atoms in total. The Balaban J connectivity index is 2.86. The van der Waals surface area contributed by atoms with E-state index in [-0.39, 0.29) is 18.8 Å². The minimum absolute atomic E-state index is 0.223. The number of halogens is 2. The van der Waals surface area contributed by atoms with Crippen LogP contribution in [0.25, 0.3) is 0 Å². The van der Waals surface area contributed by atoms with Crippen molar-refractivity contribution < 1.29 is 14.3 Å². The van der Waals surface area contributed by atoms with Crippen LogP contribution in [-0.4, -0.2) is 18.4 Å². The van der Waals surface area contributed by atoms with Crippen LogP contribution in [0.4, 0.5) is 0 Å². The number of esters is 1. The van der Waals surface area contributed by atoms with Gasteiger partial charge in [0, 0.05) is 0 Å². The predicted molar refractivity (Wildman–Crippen MR) is 71.0 cm³/mol. The van der Waals surface area contributed by atoms with Crippen LogP contribution in [0.3, 0.4) is 0 Å². The van der Waals surface area contributed by atoms with Crippen LogP contribution in [0.15, 0.2) is 18.2 Å². The van der Waals surface area contributed by atoms with Crippen molar-refractivity contribution in [1.82, 2.24) is 0 Å². The third-order valence-corrected chi connectivity index (χ3v) is 3.22. The molecule has 18 heavy (non-hydrogen) atoms. The van der Waals surface area contributed by atoms with Gasteiger partial charge in [0.1, 0.15) is 11.7 Å². The van der Waals surface area contributed by atoms with Crippen molar-refractivity contribution in [2.24, 2.45) is 5.92 Å². The summed E-state index contributed by atoms with van der Waals surface area (Å²) in [5.41, 5.74) is 0.776. The maximum atomic E-state index is 11.6. The van der Waals surface area contributed by atoms with Crippen LogP contribution in [0.5, 0.6) is 0 Å². The average molecular weight is 289 g/mol. The molecule has 0 radical (unpaired) electrons. The van der Waals surface area contributed by atoms with E-state index < -0.39 is 11.9 Å². The SMILES string of the molecule is CCOC(=O)C(Cc1ccc(Cl)c(Cl)c1)C(C)=O. The highest BCUT2D eigenvalue weighted by atomic mass is 35.5. The molecular weight excluding hydrogens is 275 g/mol. The van der Waals surface area contributed by atoms with E-state index in [4.69, 9.17) is 27.9 Å². The van der Waals surface area contributed by atoms with Gasteiger partial charge in [-0.1, -0.05) is 29.3 Å². The maximum absolute atomic E-state index is 11.6. The lowest BCUT2D eigenvalue weighted by atomic mass is 9.96. The second kappa shape index (κ2) is 6.76. The number of carbonyl (C=O) groups is 2. The minimum atomic E-state index is -0.790. The van der Waals surface area contributed by atoms with Gasteiger partial charge in [0.05, 0.1) is 16.7 Å². The highest BCUT2D eigenvalue weighted by Crippen LogP contribution is 2.24. The molecule has 1 aromatic carbocycles. The van der Waals surface area contributed by atoms with Crippen molar-refractivity contribution in [1.29, 1.82) is 0 Å². The van der Waals surface area contributed by atoms with Crippen molar-refractivity contribution in [3.63, 3.8) is 0 Å². The summed E-state index contributed by atoms with van der Waals surface area (Å²) in [6, 6.07) is 5.03. The predicted octanol–water partition coefficient (Wildman–Crippen LogP) is 3.30. The quantitative estimate of drug-likeness (QED) is 0.617. The molecule has 0 aromatic heterocycles. The van der Waals surface area contributed by atoms with E-state index in [1.165, 1.54) is 6.92 Å². The van der Waals surface area contributed by atoms with E-state index in [1.807, 2.05) is 0 Å². The first-order valence-electron chi connectivity index (χ1n) is 5.56. The summed E-state index contributed by atoms with van der Waals surface area (Å²) in [4.78, 5) is 23.1. The number of hydrogen-bond donors (Lipinski definition) is 0. The molecule has 0 aliphatic rings. The Hall–Kier alpha value is -1.06. The third-order valence-electron chi connectivity index (χ3n) is 2.49. The summed E-state index contributed by atoms with van der Waals surface area (Å²) >= 11 is 11.7. The normalized spacial score (nSPS) is 12.0. The van der Waals surface area contributed by atoms with Gasteiger partial charge in [0.15, 0.2) is 0 Å². The van der Waals surface area contributed by atoms with Gasteiger partial charge < -0.3 is 4.74 Å². The monoisotopic (exact) mass is 288 g/mol. The van der Waals surface area contributed by atoms with Gasteiger partial charge in [0.25, 0.3) is 0 Å². The summed E-state index contributed by atoms with van der Waals surface area (Å²) in [6.45, 7) is 3.33. The van der Waals surface area contributed by atoms with Gasteiger partial charge in [-0.05, 0) is 38.0 Å². The Morgan fingerprint density at radius 3 is 2.44 bits per heavy atom. The van der Waals surface area contributed by atoms with E-state index in [0.29, 0.717) is 10.0 Å². The Morgan fingerprint density at radius 1 is 1.28 bits per heavy atom. The molecule has 0 N–H and O–H groups in total. The molecule has 0 aliphatic carbocycles. The average Bonchev–Trinajstić information content (AvgIpc) is 2.30. The molecule has 0 heterocycles. The molecule has 1 unspecified atom stereocenters. The van der Waals surface area contributed by atoms with Gasteiger partial charge in [0.2, 0.25) is 0 Å². The highest BCUT2D eigenvalue weighted by Gasteiger charge is 2.25. The van der Waals surface area contributed by atoms with Crippen molar-refractivity contribution in [3.05, 3.63) is 33.8 Å². The van der Waals surface area contributed by atoms with Crippen LogP contribution >= 0.6 is 23.2 Å². The summed E-state index contributed by atoms with van der Waals surface area (Å²) in [6.07, 6.45) is 0.269. The van der Waals surface area contributed by atoms with E-state index in [1.54, 1.807) is 25.1 Å². The molecule has 0 saturated heterocycles. The molecule has 0 bridgehead atoms. The molecule has 1 atom stereocenters. The second-order valence-corrected chi connectivity index (χ2v) is 4.68. The number of benzene rings is 1. The zero-order valence-corrected chi connectivity index (χ0v) is 11.7.